The standard InChI is InChI=1S/C18H14ClFN2/c19-15-10-22-18(14-6-3-7-16(20)17(14)15)21-9-12-8-11-4-1-2-5-13(11)12/h1-7,10,12H,8-9H2,(H,21,22). The fraction of sp³-hybridized carbons (Fsp3) is 0.167. The molecule has 110 valence electrons. The van der Waals surface area contributed by atoms with Crippen LogP contribution in [0, 0.1) is 5.82 Å². The van der Waals surface area contributed by atoms with Gasteiger partial charge in [-0.3, -0.25) is 0 Å². The normalized spacial score (nSPS) is 16.2. The fourth-order valence-corrected chi connectivity index (χ4v) is 3.37. The lowest BCUT2D eigenvalue weighted by Gasteiger charge is -2.30. The van der Waals surface area contributed by atoms with Crippen molar-refractivity contribution < 1.29 is 4.39 Å². The van der Waals surface area contributed by atoms with Crippen molar-refractivity contribution in [1.82, 2.24) is 4.98 Å². The number of halogens is 2. The third-order valence-electron chi connectivity index (χ3n) is 4.29. The molecule has 0 spiro atoms. The molecule has 0 amide bonds. The molecular weight excluding hydrogens is 299 g/mol. The van der Waals surface area contributed by atoms with Gasteiger partial charge >= 0.3 is 0 Å². The first-order chi connectivity index (χ1) is 10.7. The largest absolute Gasteiger partial charge is 0.369 e. The Kier molecular flexibility index (Phi) is 3.23. The van der Waals surface area contributed by atoms with Crippen molar-refractivity contribution in [2.45, 2.75) is 12.3 Å². The average molecular weight is 313 g/mol. The molecule has 0 saturated carbocycles. The molecule has 0 fully saturated rings. The molecule has 2 nitrogen and oxygen atoms in total. The van der Waals surface area contributed by atoms with E-state index < -0.39 is 0 Å². The summed E-state index contributed by atoms with van der Waals surface area (Å²) in [6, 6.07) is 13.4. The van der Waals surface area contributed by atoms with Gasteiger partial charge in [-0.05, 0) is 23.6 Å². The van der Waals surface area contributed by atoms with Gasteiger partial charge in [0, 0.05) is 29.4 Å². The molecule has 1 N–H and O–H groups in total. The maximum absolute atomic E-state index is 14.0. The molecule has 0 radical (unpaired) electrons. The highest BCUT2D eigenvalue weighted by Crippen LogP contribution is 2.35. The van der Waals surface area contributed by atoms with Crippen molar-refractivity contribution in [1.29, 1.82) is 0 Å². The smallest absolute Gasteiger partial charge is 0.134 e. The maximum atomic E-state index is 14.0. The highest BCUT2D eigenvalue weighted by atomic mass is 35.5. The SMILES string of the molecule is Fc1cccc2c(NCC3Cc4ccccc43)ncc(Cl)c12. The van der Waals surface area contributed by atoms with Gasteiger partial charge in [0.05, 0.1) is 5.02 Å². The molecule has 1 unspecified atom stereocenters. The van der Waals surface area contributed by atoms with Crippen LogP contribution in [0.2, 0.25) is 5.02 Å². The van der Waals surface area contributed by atoms with Crippen molar-refractivity contribution in [2.24, 2.45) is 0 Å². The Bertz CT molecular complexity index is 855. The van der Waals surface area contributed by atoms with Crippen LogP contribution in [-0.4, -0.2) is 11.5 Å². The number of hydrogen-bond acceptors (Lipinski definition) is 2. The lowest BCUT2D eigenvalue weighted by molar-refractivity contribution is 0.634. The number of benzene rings is 2. The zero-order valence-electron chi connectivity index (χ0n) is 11.8. The van der Waals surface area contributed by atoms with Gasteiger partial charge in [-0.2, -0.15) is 0 Å². The molecule has 22 heavy (non-hydrogen) atoms. The topological polar surface area (TPSA) is 24.9 Å². The van der Waals surface area contributed by atoms with E-state index in [0.717, 1.165) is 18.4 Å². The monoisotopic (exact) mass is 312 g/mol. The van der Waals surface area contributed by atoms with Crippen LogP contribution >= 0.6 is 11.6 Å². The summed E-state index contributed by atoms with van der Waals surface area (Å²) in [6.07, 6.45) is 2.58. The first-order valence-corrected chi connectivity index (χ1v) is 7.66. The van der Waals surface area contributed by atoms with Gasteiger partial charge < -0.3 is 5.32 Å². The Labute approximate surface area is 132 Å². The van der Waals surface area contributed by atoms with Gasteiger partial charge in [0.1, 0.15) is 11.6 Å². The molecule has 4 heteroatoms. The number of rotatable bonds is 3. The fourth-order valence-electron chi connectivity index (χ4n) is 3.13. The minimum absolute atomic E-state index is 0.318. The molecule has 0 bridgehead atoms. The van der Waals surface area contributed by atoms with E-state index in [-0.39, 0.29) is 5.82 Å². The summed E-state index contributed by atoms with van der Waals surface area (Å²) in [4.78, 5) is 4.32. The summed E-state index contributed by atoms with van der Waals surface area (Å²) >= 11 is 6.07. The Morgan fingerprint density at radius 1 is 1.18 bits per heavy atom. The molecule has 2 aromatic carbocycles. The van der Waals surface area contributed by atoms with Gasteiger partial charge in [-0.25, -0.2) is 9.37 Å². The molecule has 3 aromatic rings. The molecule has 0 saturated heterocycles. The van der Waals surface area contributed by atoms with E-state index in [1.807, 2.05) is 6.07 Å². The second-order valence-corrected chi connectivity index (χ2v) is 6.01. The van der Waals surface area contributed by atoms with Gasteiger partial charge in [0.2, 0.25) is 0 Å². The quantitative estimate of drug-likeness (QED) is 0.753. The van der Waals surface area contributed by atoms with E-state index in [0.29, 0.717) is 22.1 Å². The molecule has 4 rings (SSSR count). The number of nitrogens with zero attached hydrogens (tertiary/aromatic N) is 1. The van der Waals surface area contributed by atoms with E-state index in [9.17, 15) is 4.39 Å². The van der Waals surface area contributed by atoms with Crippen LogP contribution in [0.3, 0.4) is 0 Å². The van der Waals surface area contributed by atoms with Crippen LogP contribution in [0.4, 0.5) is 10.2 Å². The number of nitrogens with one attached hydrogen (secondary N) is 1. The van der Waals surface area contributed by atoms with Crippen LogP contribution in [-0.2, 0) is 6.42 Å². The van der Waals surface area contributed by atoms with Gasteiger partial charge in [-0.15, -0.1) is 0 Å². The number of fused-ring (bicyclic) bond motifs is 2. The van der Waals surface area contributed by atoms with E-state index in [1.165, 1.54) is 23.4 Å². The predicted molar refractivity (Wildman–Crippen MR) is 88.1 cm³/mol. The first-order valence-electron chi connectivity index (χ1n) is 7.28. The Hall–Kier alpha value is -2.13. The number of hydrogen-bond donors (Lipinski definition) is 1. The van der Waals surface area contributed by atoms with Crippen LogP contribution in [0.1, 0.15) is 17.0 Å². The van der Waals surface area contributed by atoms with E-state index in [2.05, 4.69) is 34.6 Å². The Balaban J connectivity index is 1.61. The minimum Gasteiger partial charge on any atom is -0.369 e. The lowest BCUT2D eigenvalue weighted by atomic mass is 9.77. The predicted octanol–water partition coefficient (Wildman–Crippen LogP) is 4.78. The summed E-state index contributed by atoms with van der Waals surface area (Å²) < 4.78 is 14.0. The van der Waals surface area contributed by atoms with Crippen LogP contribution in [0.15, 0.2) is 48.7 Å². The van der Waals surface area contributed by atoms with E-state index >= 15 is 0 Å². The van der Waals surface area contributed by atoms with Crippen molar-refractivity contribution in [3.63, 3.8) is 0 Å². The van der Waals surface area contributed by atoms with Crippen molar-refractivity contribution in [2.75, 3.05) is 11.9 Å². The molecule has 1 heterocycles. The van der Waals surface area contributed by atoms with E-state index in [1.54, 1.807) is 6.07 Å². The van der Waals surface area contributed by atoms with Crippen LogP contribution in [0.5, 0.6) is 0 Å². The highest BCUT2D eigenvalue weighted by Gasteiger charge is 2.25. The summed E-state index contributed by atoms with van der Waals surface area (Å²) in [6.45, 7) is 0.789. The lowest BCUT2D eigenvalue weighted by Crippen LogP contribution is -2.24. The molecular formula is C18H14ClFN2. The summed E-state index contributed by atoms with van der Waals surface area (Å²) in [7, 11) is 0. The zero-order valence-corrected chi connectivity index (χ0v) is 12.6. The van der Waals surface area contributed by atoms with Crippen LogP contribution < -0.4 is 5.32 Å². The number of anilines is 1. The molecule has 1 aromatic heterocycles. The second kappa shape index (κ2) is 5.25. The summed E-state index contributed by atoms with van der Waals surface area (Å²) in [5, 5.41) is 4.84. The molecule has 1 aliphatic carbocycles. The van der Waals surface area contributed by atoms with Crippen molar-refractivity contribution in [3.8, 4) is 0 Å². The maximum Gasteiger partial charge on any atom is 0.134 e. The van der Waals surface area contributed by atoms with Gasteiger partial charge in [0.15, 0.2) is 0 Å². The van der Waals surface area contributed by atoms with Crippen molar-refractivity contribution in [3.05, 3.63) is 70.6 Å². The van der Waals surface area contributed by atoms with E-state index in [4.69, 9.17) is 11.6 Å². The van der Waals surface area contributed by atoms with Crippen LogP contribution in [0.25, 0.3) is 10.8 Å². The Morgan fingerprint density at radius 2 is 2.05 bits per heavy atom. The van der Waals surface area contributed by atoms with Gasteiger partial charge in [0.25, 0.3) is 0 Å². The molecule has 0 aliphatic heterocycles. The average Bonchev–Trinajstić information content (AvgIpc) is 2.50. The molecule has 1 aliphatic rings. The summed E-state index contributed by atoms with van der Waals surface area (Å²) in [5.74, 6) is 0.850. The first kappa shape index (κ1) is 13.5. The minimum atomic E-state index is -0.318. The van der Waals surface area contributed by atoms with Gasteiger partial charge in [-0.1, -0.05) is 48.0 Å². The second-order valence-electron chi connectivity index (χ2n) is 5.60. The summed E-state index contributed by atoms with van der Waals surface area (Å²) in [5.41, 5.74) is 2.80. The van der Waals surface area contributed by atoms with Crippen molar-refractivity contribution >= 4 is 28.2 Å². The zero-order chi connectivity index (χ0) is 15.1. The Morgan fingerprint density at radius 3 is 2.91 bits per heavy atom. The number of aromatic nitrogens is 1. The highest BCUT2D eigenvalue weighted by molar-refractivity contribution is 6.35. The molecule has 1 atom stereocenters. The third-order valence-corrected chi connectivity index (χ3v) is 4.58. The third kappa shape index (κ3) is 2.13. The number of pyridine rings is 1.